The van der Waals surface area contributed by atoms with E-state index in [1.165, 1.54) is 22.3 Å². The van der Waals surface area contributed by atoms with Crippen LogP contribution in [0.2, 0.25) is 0 Å². The summed E-state index contributed by atoms with van der Waals surface area (Å²) in [6.45, 7) is 2.13. The minimum Gasteiger partial charge on any atom is -0.433 e. The fourth-order valence-corrected chi connectivity index (χ4v) is 3.98. The summed E-state index contributed by atoms with van der Waals surface area (Å²) in [5.41, 5.74) is 4.15. The molecule has 2 aliphatic rings. The van der Waals surface area contributed by atoms with Gasteiger partial charge in [0.1, 0.15) is 18.0 Å². The number of fused-ring (bicyclic) bond motifs is 3. The lowest BCUT2D eigenvalue weighted by Gasteiger charge is -2.32. The Morgan fingerprint density at radius 2 is 1.54 bits per heavy atom. The number of carbonyl (C=O) groups is 2. The molecule has 1 saturated carbocycles. The van der Waals surface area contributed by atoms with Crippen molar-refractivity contribution in [3.63, 3.8) is 0 Å². The number of hydrogen-bond donors (Lipinski definition) is 0. The first-order valence-electron chi connectivity index (χ1n) is 9.11. The molecular weight excluding hydrogens is 328 g/mol. The van der Waals surface area contributed by atoms with Crippen molar-refractivity contribution >= 4 is 11.9 Å². The molecule has 1 fully saturated rings. The van der Waals surface area contributed by atoms with Crippen LogP contribution in [0.1, 0.15) is 49.7 Å². The van der Waals surface area contributed by atoms with Crippen LogP contribution >= 0.6 is 0 Å². The van der Waals surface area contributed by atoms with Crippen molar-refractivity contribution in [3.8, 4) is 11.1 Å². The predicted molar refractivity (Wildman–Crippen MR) is 98.0 cm³/mol. The maximum atomic E-state index is 12.2. The normalized spacial score (nSPS) is 18.1. The van der Waals surface area contributed by atoms with E-state index in [1.807, 2.05) is 31.2 Å². The maximum absolute atomic E-state index is 12.2. The molecule has 2 aliphatic carbocycles. The molecule has 0 atom stereocenters. The number of ketones is 1. The van der Waals surface area contributed by atoms with E-state index in [-0.39, 0.29) is 18.3 Å². The molecule has 0 aromatic heterocycles. The molecule has 4 heteroatoms. The third-order valence-electron chi connectivity index (χ3n) is 5.53. The van der Waals surface area contributed by atoms with E-state index in [9.17, 15) is 9.59 Å². The molecule has 4 nitrogen and oxygen atoms in total. The van der Waals surface area contributed by atoms with Gasteiger partial charge in [0.25, 0.3) is 0 Å². The second kappa shape index (κ2) is 6.60. The fraction of sp³-hybridized carbons (Fsp3) is 0.364. The first-order chi connectivity index (χ1) is 12.6. The highest BCUT2D eigenvalue weighted by Crippen LogP contribution is 2.44. The second-order valence-corrected chi connectivity index (χ2v) is 7.38. The van der Waals surface area contributed by atoms with Gasteiger partial charge in [-0.15, -0.1) is 0 Å². The highest BCUT2D eigenvalue weighted by atomic mass is 16.7. The van der Waals surface area contributed by atoms with Gasteiger partial charge in [0, 0.05) is 18.8 Å². The average molecular weight is 350 g/mol. The lowest BCUT2D eigenvalue weighted by atomic mass is 9.85. The molecular formula is C22H22O4. The molecule has 0 N–H and O–H groups in total. The number of benzene rings is 2. The number of ether oxygens (including phenoxy) is 2. The smallest absolute Gasteiger partial charge is 0.433 e. The van der Waals surface area contributed by atoms with Crippen molar-refractivity contribution < 1.29 is 19.1 Å². The molecule has 0 heterocycles. The Morgan fingerprint density at radius 1 is 1.00 bits per heavy atom. The quantitative estimate of drug-likeness (QED) is 0.742. The third-order valence-corrected chi connectivity index (χ3v) is 5.53. The third kappa shape index (κ3) is 3.12. The Kier molecular flexibility index (Phi) is 4.27. The Balaban J connectivity index is 1.45. The molecule has 134 valence electrons. The van der Waals surface area contributed by atoms with E-state index in [0.29, 0.717) is 25.7 Å². The lowest BCUT2D eigenvalue weighted by Crippen LogP contribution is -2.36. The van der Waals surface area contributed by atoms with E-state index in [4.69, 9.17) is 9.47 Å². The van der Waals surface area contributed by atoms with Crippen LogP contribution in [0, 0.1) is 0 Å². The van der Waals surface area contributed by atoms with Gasteiger partial charge in [-0.1, -0.05) is 48.5 Å². The SMILES string of the molecule is CC1(OC(=O)OCC2c3ccccc3-c3ccccc32)CCC(=O)CC1. The van der Waals surface area contributed by atoms with Gasteiger partial charge in [-0.05, 0) is 42.0 Å². The van der Waals surface area contributed by atoms with E-state index in [1.54, 1.807) is 0 Å². The van der Waals surface area contributed by atoms with Crippen LogP contribution in [-0.4, -0.2) is 24.1 Å². The van der Waals surface area contributed by atoms with Crippen LogP contribution in [0.5, 0.6) is 0 Å². The van der Waals surface area contributed by atoms with Crippen molar-refractivity contribution in [1.29, 1.82) is 0 Å². The fourth-order valence-electron chi connectivity index (χ4n) is 3.98. The van der Waals surface area contributed by atoms with Gasteiger partial charge >= 0.3 is 6.16 Å². The first kappa shape index (κ1) is 16.8. The molecule has 26 heavy (non-hydrogen) atoms. The van der Waals surface area contributed by atoms with Crippen molar-refractivity contribution in [1.82, 2.24) is 0 Å². The lowest BCUT2D eigenvalue weighted by molar-refractivity contribution is -0.126. The summed E-state index contributed by atoms with van der Waals surface area (Å²) in [5, 5.41) is 0. The summed E-state index contributed by atoms with van der Waals surface area (Å²) < 4.78 is 11.0. The Bertz CT molecular complexity index is 799. The number of carbonyl (C=O) groups excluding carboxylic acids is 2. The van der Waals surface area contributed by atoms with Crippen molar-refractivity contribution in [3.05, 3.63) is 59.7 Å². The minimum absolute atomic E-state index is 0.0238. The van der Waals surface area contributed by atoms with E-state index in [0.717, 1.165) is 0 Å². The average Bonchev–Trinajstić information content (AvgIpc) is 2.97. The maximum Gasteiger partial charge on any atom is 0.508 e. The molecule has 0 radical (unpaired) electrons. The molecule has 0 amide bonds. The van der Waals surface area contributed by atoms with Crippen LogP contribution in [0.15, 0.2) is 48.5 Å². The molecule has 0 spiro atoms. The Hall–Kier alpha value is -2.62. The standard InChI is InChI=1S/C22H22O4/c1-22(12-10-15(23)11-13-22)26-21(24)25-14-20-18-8-4-2-6-16(18)17-7-3-5-9-19(17)20/h2-9,20H,10-14H2,1H3. The van der Waals surface area contributed by atoms with Crippen LogP contribution in [-0.2, 0) is 14.3 Å². The summed E-state index contributed by atoms with van der Waals surface area (Å²) in [6, 6.07) is 16.5. The summed E-state index contributed by atoms with van der Waals surface area (Å²) in [4.78, 5) is 23.6. The van der Waals surface area contributed by atoms with Gasteiger partial charge in [0.05, 0.1) is 0 Å². The summed E-state index contributed by atoms with van der Waals surface area (Å²) in [5.74, 6) is 0.259. The van der Waals surface area contributed by atoms with Gasteiger partial charge in [-0.3, -0.25) is 4.79 Å². The molecule has 2 aromatic rings. The van der Waals surface area contributed by atoms with Crippen LogP contribution in [0.3, 0.4) is 0 Å². The van der Waals surface area contributed by atoms with Gasteiger partial charge in [0.2, 0.25) is 0 Å². The first-order valence-corrected chi connectivity index (χ1v) is 9.11. The highest BCUT2D eigenvalue weighted by Gasteiger charge is 2.35. The zero-order valence-electron chi connectivity index (χ0n) is 14.9. The molecule has 0 bridgehead atoms. The highest BCUT2D eigenvalue weighted by molar-refractivity contribution is 5.80. The zero-order valence-corrected chi connectivity index (χ0v) is 14.9. The van der Waals surface area contributed by atoms with Gasteiger partial charge in [0.15, 0.2) is 0 Å². The van der Waals surface area contributed by atoms with Crippen LogP contribution in [0.25, 0.3) is 11.1 Å². The van der Waals surface area contributed by atoms with E-state index < -0.39 is 11.8 Å². The van der Waals surface area contributed by atoms with Crippen LogP contribution in [0.4, 0.5) is 4.79 Å². The molecule has 0 unspecified atom stereocenters. The Morgan fingerprint density at radius 3 is 2.12 bits per heavy atom. The second-order valence-electron chi connectivity index (χ2n) is 7.38. The topological polar surface area (TPSA) is 52.6 Å². The van der Waals surface area contributed by atoms with Gasteiger partial charge < -0.3 is 9.47 Å². The summed E-state index contributed by atoms with van der Waals surface area (Å²) >= 11 is 0. The molecule has 4 rings (SSSR count). The molecule has 0 aliphatic heterocycles. The monoisotopic (exact) mass is 350 g/mol. The summed E-state index contributed by atoms with van der Waals surface area (Å²) in [7, 11) is 0. The summed E-state index contributed by atoms with van der Waals surface area (Å²) in [6.07, 6.45) is 1.41. The predicted octanol–water partition coefficient (Wildman–Crippen LogP) is 4.85. The van der Waals surface area contributed by atoms with E-state index in [2.05, 4.69) is 24.3 Å². The van der Waals surface area contributed by atoms with Crippen molar-refractivity contribution in [2.24, 2.45) is 0 Å². The molecule has 2 aromatic carbocycles. The Labute approximate surface area is 153 Å². The van der Waals surface area contributed by atoms with E-state index >= 15 is 0 Å². The number of rotatable bonds is 3. The zero-order chi connectivity index (χ0) is 18.1. The van der Waals surface area contributed by atoms with Crippen molar-refractivity contribution in [2.75, 3.05) is 6.61 Å². The number of hydrogen-bond acceptors (Lipinski definition) is 4. The minimum atomic E-state index is -0.649. The van der Waals surface area contributed by atoms with Crippen molar-refractivity contribution in [2.45, 2.75) is 44.1 Å². The van der Waals surface area contributed by atoms with Crippen LogP contribution < -0.4 is 0 Å². The largest absolute Gasteiger partial charge is 0.508 e. The molecule has 0 saturated heterocycles. The number of Topliss-reactive ketones (excluding diaryl/α,β-unsaturated/α-hetero) is 1. The van der Waals surface area contributed by atoms with Gasteiger partial charge in [-0.2, -0.15) is 0 Å². The van der Waals surface area contributed by atoms with Gasteiger partial charge in [-0.25, -0.2) is 4.79 Å².